The fraction of sp³-hybridized carbons (Fsp3) is 0.857. The topological polar surface area (TPSA) is 18.8 Å². The molecule has 1 aliphatic rings. The Hall–Kier alpha value is 0.140. The summed E-state index contributed by atoms with van der Waals surface area (Å²) >= 11 is 17.5. The lowest BCUT2D eigenvalue weighted by Crippen LogP contribution is -2.49. The van der Waals surface area contributed by atoms with Crippen LogP contribution in [-0.2, 0) is 0 Å². The molecule has 0 aliphatic carbocycles. The van der Waals surface area contributed by atoms with Crippen LogP contribution in [0, 0.1) is 0 Å². The Morgan fingerprint density at radius 3 is 2.23 bits per heavy atom. The van der Waals surface area contributed by atoms with E-state index >= 15 is 0 Å². The Morgan fingerprint density at radius 2 is 1.92 bits per heavy atom. The summed E-state index contributed by atoms with van der Waals surface area (Å²) in [6.07, 6.45) is 1.37. The van der Waals surface area contributed by atoms with Crippen LogP contribution in [-0.4, -0.2) is 39.3 Å². The van der Waals surface area contributed by atoms with Crippen LogP contribution >= 0.6 is 34.8 Å². The number of rotatable bonds is 1. The quantitative estimate of drug-likeness (QED) is 0.659. The van der Waals surface area contributed by atoms with Gasteiger partial charge in [0.25, 0.3) is 0 Å². The molecule has 1 rings (SSSR count). The van der Waals surface area contributed by atoms with Gasteiger partial charge in [-0.3, -0.25) is 5.01 Å². The van der Waals surface area contributed by atoms with Crippen LogP contribution in [0.3, 0.4) is 0 Å². The summed E-state index contributed by atoms with van der Waals surface area (Å²) in [5, 5.41) is 5.71. The maximum atomic E-state index is 5.84. The van der Waals surface area contributed by atoms with E-state index in [9.17, 15) is 0 Å². The molecule has 0 aromatic carbocycles. The molecule has 1 heterocycles. The minimum Gasteiger partial charge on any atom is -0.333 e. The molecule has 0 amide bonds. The maximum Gasteiger partial charge on any atom is 0.230 e. The molecule has 3 nitrogen and oxygen atoms in total. The summed E-state index contributed by atoms with van der Waals surface area (Å²) in [6.45, 7) is 4.04. The third kappa shape index (κ3) is 2.33. The van der Waals surface area contributed by atoms with Gasteiger partial charge < -0.3 is 4.90 Å². The lowest BCUT2D eigenvalue weighted by atomic mass is 10.3. The highest BCUT2D eigenvalue weighted by molar-refractivity contribution is 6.68. The zero-order valence-electron chi connectivity index (χ0n) is 7.71. The van der Waals surface area contributed by atoms with Gasteiger partial charge in [0, 0.05) is 13.1 Å². The van der Waals surface area contributed by atoms with Gasteiger partial charge in [-0.05, 0) is 13.8 Å². The van der Waals surface area contributed by atoms with Gasteiger partial charge >= 0.3 is 0 Å². The fourth-order valence-corrected chi connectivity index (χ4v) is 2.02. The molecule has 6 heteroatoms. The molecule has 0 aromatic heterocycles. The third-order valence-corrected chi connectivity index (χ3v) is 2.48. The molecule has 0 saturated heterocycles. The zero-order valence-corrected chi connectivity index (χ0v) is 9.98. The Labute approximate surface area is 93.2 Å². The Bertz CT molecular complexity index is 212. The van der Waals surface area contributed by atoms with E-state index in [1.54, 1.807) is 18.4 Å². The van der Waals surface area contributed by atoms with Crippen LogP contribution in [0.2, 0.25) is 0 Å². The van der Waals surface area contributed by atoms with Crippen molar-refractivity contribution in [1.29, 1.82) is 0 Å². The van der Waals surface area contributed by atoms with Crippen LogP contribution < -0.4 is 0 Å². The minimum atomic E-state index is -1.35. The van der Waals surface area contributed by atoms with E-state index in [1.807, 2.05) is 18.7 Å². The summed E-state index contributed by atoms with van der Waals surface area (Å²) in [4.78, 5) is 1.91. The molecule has 0 radical (unpaired) electrons. The van der Waals surface area contributed by atoms with Crippen molar-refractivity contribution in [3.8, 4) is 0 Å². The Morgan fingerprint density at radius 1 is 1.38 bits per heavy atom. The van der Waals surface area contributed by atoms with Gasteiger partial charge in [0.2, 0.25) is 3.79 Å². The molecule has 76 valence electrons. The van der Waals surface area contributed by atoms with Crippen molar-refractivity contribution in [2.75, 3.05) is 7.05 Å². The molecule has 1 aliphatic heterocycles. The van der Waals surface area contributed by atoms with Gasteiger partial charge in [-0.1, -0.05) is 34.8 Å². The van der Waals surface area contributed by atoms with Crippen molar-refractivity contribution in [2.24, 2.45) is 5.10 Å². The molecule has 1 atom stereocenters. The molecule has 0 aromatic rings. The zero-order chi connectivity index (χ0) is 10.2. The minimum absolute atomic E-state index is 0.259. The Kier molecular flexibility index (Phi) is 3.20. The van der Waals surface area contributed by atoms with Crippen molar-refractivity contribution < 1.29 is 0 Å². The molecule has 13 heavy (non-hydrogen) atoms. The van der Waals surface area contributed by atoms with E-state index in [-0.39, 0.29) is 12.2 Å². The van der Waals surface area contributed by atoms with Gasteiger partial charge in [-0.15, -0.1) is 0 Å². The first-order valence-corrected chi connectivity index (χ1v) is 5.08. The first-order valence-electron chi connectivity index (χ1n) is 3.95. The standard InChI is InChI=1S/C7H12Cl3N3/c1-5(2)13-4-11-12(3)6(13)7(8,9)10/h4-6H,1-3H3. The van der Waals surface area contributed by atoms with E-state index < -0.39 is 3.79 Å². The van der Waals surface area contributed by atoms with Crippen molar-refractivity contribution >= 4 is 41.1 Å². The molecule has 0 spiro atoms. The van der Waals surface area contributed by atoms with Crippen LogP contribution in [0.4, 0.5) is 0 Å². The van der Waals surface area contributed by atoms with Gasteiger partial charge in [0.1, 0.15) is 6.34 Å². The van der Waals surface area contributed by atoms with E-state index in [0.29, 0.717) is 0 Å². The average molecular weight is 245 g/mol. The molecular formula is C7H12Cl3N3. The van der Waals surface area contributed by atoms with Crippen molar-refractivity contribution in [1.82, 2.24) is 9.91 Å². The van der Waals surface area contributed by atoms with E-state index in [4.69, 9.17) is 34.8 Å². The van der Waals surface area contributed by atoms with Crippen molar-refractivity contribution in [3.63, 3.8) is 0 Å². The SMILES string of the molecule is CC(C)N1C=NN(C)C1C(Cl)(Cl)Cl. The highest BCUT2D eigenvalue weighted by Crippen LogP contribution is 2.37. The number of hydrogen-bond donors (Lipinski definition) is 0. The van der Waals surface area contributed by atoms with Crippen LogP contribution in [0.25, 0.3) is 0 Å². The highest BCUT2D eigenvalue weighted by atomic mass is 35.6. The van der Waals surface area contributed by atoms with Crippen molar-refractivity contribution in [2.45, 2.75) is 29.8 Å². The summed E-state index contributed by atoms with van der Waals surface area (Å²) in [5.74, 6) is 0. The van der Waals surface area contributed by atoms with E-state index in [2.05, 4.69) is 5.10 Å². The second-order valence-corrected chi connectivity index (χ2v) is 5.63. The molecule has 0 N–H and O–H groups in total. The predicted octanol–water partition coefficient (Wildman–Crippen LogP) is 2.28. The van der Waals surface area contributed by atoms with Gasteiger partial charge in [0.05, 0.1) is 0 Å². The van der Waals surface area contributed by atoms with Gasteiger partial charge in [-0.2, -0.15) is 5.10 Å². The lowest BCUT2D eigenvalue weighted by Gasteiger charge is -2.35. The second kappa shape index (κ2) is 3.71. The predicted molar refractivity (Wildman–Crippen MR) is 57.3 cm³/mol. The van der Waals surface area contributed by atoms with E-state index in [0.717, 1.165) is 0 Å². The first-order chi connectivity index (χ1) is 5.84. The van der Waals surface area contributed by atoms with Crippen LogP contribution in [0.5, 0.6) is 0 Å². The number of hydrazone groups is 1. The second-order valence-electron chi connectivity index (χ2n) is 3.26. The van der Waals surface area contributed by atoms with Crippen LogP contribution in [0.1, 0.15) is 13.8 Å². The largest absolute Gasteiger partial charge is 0.333 e. The van der Waals surface area contributed by atoms with Gasteiger partial charge in [-0.25, -0.2) is 0 Å². The third-order valence-electron chi connectivity index (χ3n) is 1.89. The fourth-order valence-electron chi connectivity index (χ4n) is 1.26. The maximum absolute atomic E-state index is 5.84. The van der Waals surface area contributed by atoms with Gasteiger partial charge in [0.15, 0.2) is 6.17 Å². The average Bonchev–Trinajstić information content (AvgIpc) is 2.28. The normalized spacial score (nSPS) is 23.5. The highest BCUT2D eigenvalue weighted by Gasteiger charge is 2.43. The van der Waals surface area contributed by atoms with Crippen LogP contribution in [0.15, 0.2) is 5.10 Å². The molecule has 0 saturated carbocycles. The summed E-state index contributed by atoms with van der Waals surface area (Å²) in [5.41, 5.74) is 0. The molecular weight excluding hydrogens is 232 g/mol. The van der Waals surface area contributed by atoms with E-state index in [1.165, 1.54) is 0 Å². The number of nitrogens with zero attached hydrogens (tertiary/aromatic N) is 3. The smallest absolute Gasteiger partial charge is 0.230 e. The lowest BCUT2D eigenvalue weighted by molar-refractivity contribution is 0.142. The molecule has 1 unspecified atom stereocenters. The molecule has 0 bridgehead atoms. The molecule has 0 fully saturated rings. The summed E-state index contributed by atoms with van der Waals surface area (Å²) in [7, 11) is 1.78. The van der Waals surface area contributed by atoms with Crippen molar-refractivity contribution in [3.05, 3.63) is 0 Å². The Balaban J connectivity index is 2.82. The number of halogens is 3. The monoisotopic (exact) mass is 243 g/mol. The summed E-state index contributed by atoms with van der Waals surface area (Å²) < 4.78 is -1.35. The number of alkyl halides is 3. The summed E-state index contributed by atoms with van der Waals surface area (Å²) in [6, 6.07) is 0.259. The first kappa shape index (κ1) is 11.2. The number of hydrogen-bond acceptors (Lipinski definition) is 3.